The molecular weight excluding hydrogens is 294 g/mol. The Kier molecular flexibility index (Phi) is 6.80. The minimum atomic E-state index is -1.10. The molecule has 3 unspecified atom stereocenters. The van der Waals surface area contributed by atoms with Gasteiger partial charge < -0.3 is 20.3 Å². The number of hydrogen-bond donors (Lipinski definition) is 3. The van der Waals surface area contributed by atoms with E-state index in [0.29, 0.717) is 0 Å². The molecular formula is C14H25NO5S. The highest BCUT2D eigenvalue weighted by molar-refractivity contribution is 8.00. The third-order valence-electron chi connectivity index (χ3n) is 3.13. The number of nitrogens with one attached hydrogen (secondary N) is 1. The summed E-state index contributed by atoms with van der Waals surface area (Å²) in [7, 11) is 0. The highest BCUT2D eigenvalue weighted by Crippen LogP contribution is 2.29. The van der Waals surface area contributed by atoms with Crippen LogP contribution in [0, 0.1) is 0 Å². The summed E-state index contributed by atoms with van der Waals surface area (Å²) in [6.07, 6.45) is 2.57. The molecule has 1 fully saturated rings. The van der Waals surface area contributed by atoms with E-state index < -0.39 is 23.7 Å². The van der Waals surface area contributed by atoms with Gasteiger partial charge in [-0.3, -0.25) is 0 Å². The van der Waals surface area contributed by atoms with Gasteiger partial charge in [-0.05, 0) is 33.6 Å². The van der Waals surface area contributed by atoms with Crippen molar-refractivity contribution in [2.24, 2.45) is 0 Å². The Morgan fingerprint density at radius 1 is 1.33 bits per heavy atom. The number of amides is 1. The predicted octanol–water partition coefficient (Wildman–Crippen LogP) is 2.00. The molecule has 0 aliphatic heterocycles. The Morgan fingerprint density at radius 2 is 1.95 bits per heavy atom. The summed E-state index contributed by atoms with van der Waals surface area (Å²) in [5.41, 5.74) is -0.667. The molecule has 1 aliphatic rings. The van der Waals surface area contributed by atoms with Crippen LogP contribution >= 0.6 is 11.8 Å². The summed E-state index contributed by atoms with van der Waals surface area (Å²) in [4.78, 5) is 22.8. The first-order valence-electron chi connectivity index (χ1n) is 7.21. The number of alkyl carbamates (subject to hydrolysis) is 1. The average Bonchev–Trinajstić information content (AvgIpc) is 2.33. The van der Waals surface area contributed by atoms with Crippen molar-refractivity contribution in [3.05, 3.63) is 0 Å². The number of hydrogen-bond acceptors (Lipinski definition) is 5. The molecule has 1 rings (SSSR count). The van der Waals surface area contributed by atoms with E-state index in [1.807, 2.05) is 0 Å². The van der Waals surface area contributed by atoms with Crippen LogP contribution in [0.5, 0.6) is 0 Å². The second kappa shape index (κ2) is 7.89. The minimum absolute atomic E-state index is 0.0426. The van der Waals surface area contributed by atoms with Gasteiger partial charge >= 0.3 is 12.1 Å². The molecule has 0 radical (unpaired) electrons. The van der Waals surface area contributed by atoms with Gasteiger partial charge in [-0.15, -0.1) is 0 Å². The summed E-state index contributed by atoms with van der Waals surface area (Å²) >= 11 is 1.40. The molecule has 1 saturated carbocycles. The van der Waals surface area contributed by atoms with E-state index in [0.717, 1.165) is 25.7 Å². The first-order chi connectivity index (χ1) is 9.69. The Bertz CT molecular complexity index is 369. The Hall–Kier alpha value is -0.950. The van der Waals surface area contributed by atoms with Crippen LogP contribution in [0.1, 0.15) is 46.5 Å². The molecule has 0 spiro atoms. The van der Waals surface area contributed by atoms with E-state index in [1.54, 1.807) is 20.8 Å². The molecule has 3 atom stereocenters. The molecule has 0 aromatic rings. The number of thioether (sulfide) groups is 1. The largest absolute Gasteiger partial charge is 0.480 e. The van der Waals surface area contributed by atoms with Gasteiger partial charge in [0.15, 0.2) is 0 Å². The number of carbonyl (C=O) groups excluding carboxylic acids is 1. The van der Waals surface area contributed by atoms with Crippen LogP contribution in [-0.2, 0) is 9.53 Å². The van der Waals surface area contributed by atoms with E-state index in [2.05, 4.69) is 5.32 Å². The van der Waals surface area contributed by atoms with Gasteiger partial charge in [-0.25, -0.2) is 9.59 Å². The Morgan fingerprint density at radius 3 is 2.48 bits per heavy atom. The van der Waals surface area contributed by atoms with E-state index in [1.165, 1.54) is 11.8 Å². The monoisotopic (exact) mass is 319 g/mol. The molecule has 3 N–H and O–H groups in total. The number of aliphatic carboxylic acids is 1. The molecule has 122 valence electrons. The van der Waals surface area contributed by atoms with Crippen molar-refractivity contribution in [3.63, 3.8) is 0 Å². The highest BCUT2D eigenvalue weighted by Gasteiger charge is 2.28. The lowest BCUT2D eigenvalue weighted by atomic mass is 9.97. The molecule has 0 aromatic heterocycles. The fourth-order valence-corrected chi connectivity index (χ4v) is 3.47. The lowest BCUT2D eigenvalue weighted by Gasteiger charge is -2.28. The number of carboxylic acids is 1. The normalized spacial score (nSPS) is 24.2. The third-order valence-corrected chi connectivity index (χ3v) is 4.64. The van der Waals surface area contributed by atoms with Crippen molar-refractivity contribution in [1.82, 2.24) is 5.32 Å². The minimum Gasteiger partial charge on any atom is -0.480 e. The molecule has 0 aromatic carbocycles. The first-order valence-corrected chi connectivity index (χ1v) is 8.26. The number of carboxylic acid groups (broad SMARTS) is 1. The van der Waals surface area contributed by atoms with Crippen molar-refractivity contribution in [1.29, 1.82) is 0 Å². The zero-order chi connectivity index (χ0) is 16.0. The number of rotatable bonds is 5. The van der Waals surface area contributed by atoms with Crippen molar-refractivity contribution < 1.29 is 24.5 Å². The van der Waals surface area contributed by atoms with Gasteiger partial charge in [0.1, 0.15) is 11.6 Å². The maximum absolute atomic E-state index is 11.6. The Balaban J connectivity index is 2.46. The summed E-state index contributed by atoms with van der Waals surface area (Å²) in [6, 6.07) is -1.01. The first kappa shape index (κ1) is 18.1. The number of aliphatic hydroxyl groups excluding tert-OH is 1. The van der Waals surface area contributed by atoms with Crippen LogP contribution < -0.4 is 5.32 Å². The second-order valence-electron chi connectivity index (χ2n) is 6.26. The van der Waals surface area contributed by atoms with Gasteiger partial charge in [-0.2, -0.15) is 11.8 Å². The lowest BCUT2D eigenvalue weighted by Crippen LogP contribution is -2.45. The van der Waals surface area contributed by atoms with Crippen molar-refractivity contribution >= 4 is 23.8 Å². The molecule has 0 heterocycles. The molecule has 6 nitrogen and oxygen atoms in total. The van der Waals surface area contributed by atoms with Crippen LogP contribution in [0.25, 0.3) is 0 Å². The van der Waals surface area contributed by atoms with Gasteiger partial charge in [0, 0.05) is 11.0 Å². The van der Waals surface area contributed by atoms with Crippen LogP contribution in [0.3, 0.4) is 0 Å². The number of ether oxygens (including phenoxy) is 1. The standard InChI is InChI=1S/C14H25NO5S/c1-14(2,3)20-13(19)15-9(12(17)18)8-21-11-7-5-4-6-10(11)16/h9-11,16H,4-8H2,1-3H3,(H,15,19)(H,17,18). The van der Waals surface area contributed by atoms with E-state index in [4.69, 9.17) is 9.84 Å². The molecule has 21 heavy (non-hydrogen) atoms. The predicted molar refractivity (Wildman–Crippen MR) is 81.5 cm³/mol. The fourth-order valence-electron chi connectivity index (χ4n) is 2.12. The molecule has 1 amide bonds. The van der Waals surface area contributed by atoms with Gasteiger partial charge in [0.25, 0.3) is 0 Å². The van der Waals surface area contributed by atoms with Crippen molar-refractivity contribution in [2.75, 3.05) is 5.75 Å². The summed E-state index contributed by atoms with van der Waals surface area (Å²) in [5, 5.41) is 21.5. The van der Waals surface area contributed by atoms with Crippen LogP contribution in [0.15, 0.2) is 0 Å². The number of aliphatic hydroxyl groups is 1. The SMILES string of the molecule is CC(C)(C)OC(=O)NC(CSC1CCCCC1O)C(=O)O. The fraction of sp³-hybridized carbons (Fsp3) is 0.857. The topological polar surface area (TPSA) is 95.9 Å². The van der Waals surface area contributed by atoms with Crippen molar-refractivity contribution in [3.8, 4) is 0 Å². The van der Waals surface area contributed by atoms with Crippen LogP contribution in [-0.4, -0.2) is 51.0 Å². The summed E-state index contributed by atoms with van der Waals surface area (Å²) in [5.74, 6) is -0.880. The Labute approximate surface area is 129 Å². The maximum atomic E-state index is 11.6. The zero-order valence-corrected chi connectivity index (χ0v) is 13.6. The maximum Gasteiger partial charge on any atom is 0.408 e. The summed E-state index contributed by atoms with van der Waals surface area (Å²) in [6.45, 7) is 5.15. The van der Waals surface area contributed by atoms with Crippen molar-refractivity contribution in [2.45, 2.75) is 69.5 Å². The van der Waals surface area contributed by atoms with E-state index >= 15 is 0 Å². The smallest absolute Gasteiger partial charge is 0.408 e. The molecule has 0 bridgehead atoms. The third kappa shape index (κ3) is 7.04. The summed E-state index contributed by atoms with van der Waals surface area (Å²) < 4.78 is 5.06. The number of carbonyl (C=O) groups is 2. The lowest BCUT2D eigenvalue weighted by molar-refractivity contribution is -0.138. The van der Waals surface area contributed by atoms with Gasteiger partial charge in [-0.1, -0.05) is 12.8 Å². The van der Waals surface area contributed by atoms with E-state index in [9.17, 15) is 14.7 Å². The highest BCUT2D eigenvalue weighted by atomic mass is 32.2. The van der Waals surface area contributed by atoms with Crippen LogP contribution in [0.4, 0.5) is 4.79 Å². The molecule has 1 aliphatic carbocycles. The average molecular weight is 319 g/mol. The second-order valence-corrected chi connectivity index (χ2v) is 7.53. The zero-order valence-electron chi connectivity index (χ0n) is 12.8. The van der Waals surface area contributed by atoms with Crippen LogP contribution in [0.2, 0.25) is 0 Å². The molecule has 0 saturated heterocycles. The van der Waals surface area contributed by atoms with E-state index in [-0.39, 0.29) is 17.1 Å². The van der Waals surface area contributed by atoms with Gasteiger partial charge in [0.05, 0.1) is 6.10 Å². The molecule has 7 heteroatoms. The quantitative estimate of drug-likeness (QED) is 0.717. The van der Waals surface area contributed by atoms with Gasteiger partial charge in [0.2, 0.25) is 0 Å².